The van der Waals surface area contributed by atoms with Crippen LogP contribution < -0.4 is 4.74 Å². The molecule has 1 aromatic carbocycles. The van der Waals surface area contributed by atoms with Gasteiger partial charge >= 0.3 is 5.97 Å². The zero-order valence-corrected chi connectivity index (χ0v) is 14.5. The molecule has 0 N–H and O–H groups in total. The van der Waals surface area contributed by atoms with E-state index in [9.17, 15) is 4.79 Å². The summed E-state index contributed by atoms with van der Waals surface area (Å²) in [5, 5.41) is 4.38. The Morgan fingerprint density at radius 1 is 1.36 bits per heavy atom. The number of halogens is 1. The van der Waals surface area contributed by atoms with Crippen molar-refractivity contribution in [3.63, 3.8) is 0 Å². The topological polar surface area (TPSA) is 79.4 Å². The number of nitrogens with zero attached hydrogens (tertiary/aromatic N) is 3. The van der Waals surface area contributed by atoms with Crippen molar-refractivity contribution in [2.45, 2.75) is 13.5 Å². The van der Waals surface area contributed by atoms with Crippen molar-refractivity contribution >= 4 is 17.6 Å². The number of esters is 1. The molecule has 0 fully saturated rings. The lowest BCUT2D eigenvalue weighted by Crippen LogP contribution is -2.09. The maximum atomic E-state index is 12.1. The van der Waals surface area contributed by atoms with Gasteiger partial charge in [-0.05, 0) is 25.1 Å². The molecule has 3 aromatic rings. The van der Waals surface area contributed by atoms with Crippen LogP contribution >= 0.6 is 11.6 Å². The molecule has 3 rings (SSSR count). The second-order valence-corrected chi connectivity index (χ2v) is 5.61. The van der Waals surface area contributed by atoms with Gasteiger partial charge in [-0.3, -0.25) is 0 Å². The van der Waals surface area contributed by atoms with Gasteiger partial charge < -0.3 is 18.6 Å². The summed E-state index contributed by atoms with van der Waals surface area (Å²) in [6.07, 6.45) is 1.62. The van der Waals surface area contributed by atoms with Crippen molar-refractivity contribution in [2.75, 3.05) is 6.61 Å². The van der Waals surface area contributed by atoms with Gasteiger partial charge in [-0.1, -0.05) is 28.9 Å². The molecule has 7 nitrogen and oxygen atoms in total. The molecule has 0 aliphatic carbocycles. The molecule has 0 saturated carbocycles. The van der Waals surface area contributed by atoms with Gasteiger partial charge in [-0.15, -0.1) is 0 Å². The molecule has 8 heteroatoms. The zero-order chi connectivity index (χ0) is 17.8. The highest BCUT2D eigenvalue weighted by Gasteiger charge is 2.17. The van der Waals surface area contributed by atoms with Gasteiger partial charge in [-0.2, -0.15) is 4.98 Å². The molecule has 0 radical (unpaired) electrons. The Labute approximate surface area is 149 Å². The average Bonchev–Trinajstić information content (AvgIpc) is 3.20. The number of hydrogen-bond acceptors (Lipinski definition) is 6. The minimum atomic E-state index is -0.524. The van der Waals surface area contributed by atoms with E-state index in [4.69, 9.17) is 25.6 Å². The lowest BCUT2D eigenvalue weighted by atomic mass is 10.2. The number of para-hydroxylation sites is 1. The summed E-state index contributed by atoms with van der Waals surface area (Å²) in [4.78, 5) is 16.3. The Balaban J connectivity index is 1.70. The Morgan fingerprint density at radius 2 is 2.16 bits per heavy atom. The number of carbonyl (C=O) groups is 1. The van der Waals surface area contributed by atoms with Crippen LogP contribution in [0.4, 0.5) is 0 Å². The first-order chi connectivity index (χ1) is 12.1. The van der Waals surface area contributed by atoms with E-state index in [1.54, 1.807) is 17.8 Å². The first-order valence-corrected chi connectivity index (χ1v) is 8.00. The molecule has 0 aliphatic rings. The van der Waals surface area contributed by atoms with Gasteiger partial charge in [0, 0.05) is 13.2 Å². The molecule has 2 heterocycles. The Morgan fingerprint density at radius 3 is 2.88 bits per heavy atom. The molecule has 0 aliphatic heterocycles. The molecule has 0 unspecified atom stereocenters. The van der Waals surface area contributed by atoms with Crippen molar-refractivity contribution in [3.05, 3.63) is 53.1 Å². The van der Waals surface area contributed by atoms with Gasteiger partial charge in [0.25, 0.3) is 5.89 Å². The Kier molecular flexibility index (Phi) is 5.04. The van der Waals surface area contributed by atoms with Gasteiger partial charge in [0.05, 0.1) is 17.2 Å². The fraction of sp³-hybridized carbons (Fsp3) is 0.235. The predicted molar refractivity (Wildman–Crippen MR) is 90.4 cm³/mol. The Hall–Kier alpha value is -2.80. The third-order valence-electron chi connectivity index (χ3n) is 3.40. The number of carbonyl (C=O) groups excluding carboxylic acids is 1. The van der Waals surface area contributed by atoms with E-state index in [-0.39, 0.29) is 12.5 Å². The highest BCUT2D eigenvalue weighted by Crippen LogP contribution is 2.27. The van der Waals surface area contributed by atoms with Crippen molar-refractivity contribution in [2.24, 2.45) is 7.05 Å². The third kappa shape index (κ3) is 3.83. The number of ether oxygens (including phenoxy) is 2. The largest absolute Gasteiger partial charge is 0.493 e. The number of benzene rings is 1. The van der Waals surface area contributed by atoms with Crippen LogP contribution in [0.2, 0.25) is 5.02 Å². The molecular weight excluding hydrogens is 346 g/mol. The summed E-state index contributed by atoms with van der Waals surface area (Å²) in [6.45, 7) is 2.29. The van der Waals surface area contributed by atoms with Gasteiger partial charge in [-0.25, -0.2) is 4.79 Å². The number of hydrogen-bond donors (Lipinski definition) is 0. The third-order valence-corrected chi connectivity index (χ3v) is 3.61. The van der Waals surface area contributed by atoms with E-state index in [0.717, 1.165) is 0 Å². The predicted octanol–water partition coefficient (Wildman–Crippen LogP) is 3.48. The van der Waals surface area contributed by atoms with Crippen molar-refractivity contribution in [3.8, 4) is 17.1 Å². The van der Waals surface area contributed by atoms with E-state index in [1.165, 1.54) is 6.07 Å². The van der Waals surface area contributed by atoms with Crippen LogP contribution in [-0.2, 0) is 18.4 Å². The second-order valence-electron chi connectivity index (χ2n) is 5.17. The summed E-state index contributed by atoms with van der Waals surface area (Å²) >= 11 is 5.86. The van der Waals surface area contributed by atoms with Crippen LogP contribution in [0.1, 0.15) is 23.3 Å². The van der Waals surface area contributed by atoms with Gasteiger partial charge in [0.1, 0.15) is 11.4 Å². The minimum Gasteiger partial charge on any atom is -0.493 e. The van der Waals surface area contributed by atoms with Crippen molar-refractivity contribution in [1.82, 2.24) is 14.7 Å². The molecule has 2 aromatic heterocycles. The van der Waals surface area contributed by atoms with Gasteiger partial charge in [0.2, 0.25) is 5.82 Å². The minimum absolute atomic E-state index is 0.133. The van der Waals surface area contributed by atoms with Crippen LogP contribution in [0.5, 0.6) is 5.75 Å². The molecule has 0 amide bonds. The standard InChI is InChI=1S/C17H16ClN3O4/c1-3-23-14-7-5-4-6-12(14)16-19-15(25-20-16)10-24-17(22)13-8-11(18)9-21(13)2/h4-9H,3,10H2,1-2H3. The number of rotatable bonds is 6. The number of aromatic nitrogens is 3. The summed E-state index contributed by atoms with van der Waals surface area (Å²) in [5.41, 5.74) is 1.05. The maximum absolute atomic E-state index is 12.1. The Bertz CT molecular complexity index is 888. The monoisotopic (exact) mass is 361 g/mol. The summed E-state index contributed by atoms with van der Waals surface area (Å²) < 4.78 is 17.5. The highest BCUT2D eigenvalue weighted by molar-refractivity contribution is 6.30. The second kappa shape index (κ2) is 7.40. The van der Waals surface area contributed by atoms with E-state index < -0.39 is 5.97 Å². The van der Waals surface area contributed by atoms with Crippen LogP contribution in [0.25, 0.3) is 11.4 Å². The summed E-state index contributed by atoms with van der Waals surface area (Å²) in [5.74, 6) is 0.698. The molecule has 0 spiro atoms. The highest BCUT2D eigenvalue weighted by atomic mass is 35.5. The normalized spacial score (nSPS) is 10.7. The van der Waals surface area contributed by atoms with E-state index in [2.05, 4.69) is 10.1 Å². The SMILES string of the molecule is CCOc1ccccc1-c1noc(COC(=O)c2cc(Cl)cn2C)n1. The molecule has 0 atom stereocenters. The number of aryl methyl sites for hydroxylation is 1. The van der Waals surface area contributed by atoms with Crippen LogP contribution in [0, 0.1) is 0 Å². The summed E-state index contributed by atoms with van der Waals surface area (Å²) in [6, 6.07) is 8.91. The lowest BCUT2D eigenvalue weighted by molar-refractivity contribution is 0.0418. The van der Waals surface area contributed by atoms with Gasteiger partial charge in [0.15, 0.2) is 6.61 Å². The molecule has 0 saturated heterocycles. The van der Waals surface area contributed by atoms with Crippen molar-refractivity contribution < 1.29 is 18.8 Å². The molecular formula is C17H16ClN3O4. The summed E-state index contributed by atoms with van der Waals surface area (Å²) in [7, 11) is 1.71. The molecule has 130 valence electrons. The molecule has 25 heavy (non-hydrogen) atoms. The maximum Gasteiger partial charge on any atom is 0.355 e. The van der Waals surface area contributed by atoms with E-state index in [1.807, 2.05) is 31.2 Å². The smallest absolute Gasteiger partial charge is 0.355 e. The fourth-order valence-corrected chi connectivity index (χ4v) is 2.53. The van der Waals surface area contributed by atoms with Crippen LogP contribution in [0.3, 0.4) is 0 Å². The van der Waals surface area contributed by atoms with Crippen LogP contribution in [-0.4, -0.2) is 27.3 Å². The lowest BCUT2D eigenvalue weighted by Gasteiger charge is -2.06. The van der Waals surface area contributed by atoms with Crippen LogP contribution in [0.15, 0.2) is 41.1 Å². The fourth-order valence-electron chi connectivity index (χ4n) is 2.28. The first-order valence-electron chi connectivity index (χ1n) is 7.62. The van der Waals surface area contributed by atoms with Crippen molar-refractivity contribution in [1.29, 1.82) is 0 Å². The quantitative estimate of drug-likeness (QED) is 0.625. The van der Waals surface area contributed by atoms with E-state index >= 15 is 0 Å². The average molecular weight is 362 g/mol. The molecule has 0 bridgehead atoms. The zero-order valence-electron chi connectivity index (χ0n) is 13.7. The first kappa shape index (κ1) is 17.0. The van der Waals surface area contributed by atoms with E-state index in [0.29, 0.717) is 34.5 Å².